The molecule has 3 nitrogen and oxygen atoms in total. The molecule has 1 aliphatic heterocycles. The Morgan fingerprint density at radius 3 is 2.67 bits per heavy atom. The lowest BCUT2D eigenvalue weighted by molar-refractivity contribution is -0.144. The molecule has 0 radical (unpaired) electrons. The predicted octanol–water partition coefficient (Wildman–Crippen LogP) is 1.16. The maximum Gasteiger partial charge on any atom is 0.163 e. The van der Waals surface area contributed by atoms with Crippen LogP contribution in [0.15, 0.2) is 0 Å². The first-order valence-corrected chi connectivity index (χ1v) is 4.48. The third-order valence-electron chi connectivity index (χ3n) is 2.25. The zero-order valence-electron chi connectivity index (χ0n) is 8.04. The SMILES string of the molecule is C[C@H](CCO)[C@@H]1COC(C)(C)O1. The number of aliphatic hydroxyl groups excluding tert-OH is 1. The topological polar surface area (TPSA) is 38.7 Å². The van der Waals surface area contributed by atoms with Gasteiger partial charge in [-0.1, -0.05) is 6.92 Å². The molecular formula is C9H18O3. The minimum Gasteiger partial charge on any atom is -0.396 e. The largest absolute Gasteiger partial charge is 0.396 e. The maximum atomic E-state index is 8.73. The van der Waals surface area contributed by atoms with E-state index in [0.29, 0.717) is 12.5 Å². The van der Waals surface area contributed by atoms with Gasteiger partial charge in [-0.2, -0.15) is 0 Å². The van der Waals surface area contributed by atoms with Gasteiger partial charge >= 0.3 is 0 Å². The normalized spacial score (nSPS) is 30.5. The Morgan fingerprint density at radius 1 is 1.58 bits per heavy atom. The van der Waals surface area contributed by atoms with E-state index < -0.39 is 5.79 Å². The summed E-state index contributed by atoms with van der Waals surface area (Å²) in [5, 5.41) is 8.73. The van der Waals surface area contributed by atoms with Crippen molar-refractivity contribution in [1.82, 2.24) is 0 Å². The van der Waals surface area contributed by atoms with Crippen molar-refractivity contribution in [3.05, 3.63) is 0 Å². The molecule has 0 saturated carbocycles. The summed E-state index contributed by atoms with van der Waals surface area (Å²) in [6.07, 6.45) is 0.927. The van der Waals surface area contributed by atoms with E-state index in [2.05, 4.69) is 6.92 Å². The van der Waals surface area contributed by atoms with Crippen molar-refractivity contribution in [2.75, 3.05) is 13.2 Å². The predicted molar refractivity (Wildman–Crippen MR) is 45.8 cm³/mol. The molecule has 2 atom stereocenters. The highest BCUT2D eigenvalue weighted by Gasteiger charge is 2.35. The molecular weight excluding hydrogens is 156 g/mol. The van der Waals surface area contributed by atoms with Crippen LogP contribution in [0.25, 0.3) is 0 Å². The van der Waals surface area contributed by atoms with Crippen LogP contribution >= 0.6 is 0 Å². The molecule has 3 heteroatoms. The molecule has 0 aromatic rings. The molecule has 1 N–H and O–H groups in total. The highest BCUT2D eigenvalue weighted by molar-refractivity contribution is 4.75. The quantitative estimate of drug-likeness (QED) is 0.697. The molecule has 0 aromatic heterocycles. The molecule has 1 heterocycles. The van der Waals surface area contributed by atoms with Crippen LogP contribution in [-0.4, -0.2) is 30.2 Å². The highest BCUT2D eigenvalue weighted by atomic mass is 16.7. The molecule has 0 aliphatic carbocycles. The second kappa shape index (κ2) is 3.73. The lowest BCUT2D eigenvalue weighted by Gasteiger charge is -2.20. The van der Waals surface area contributed by atoms with Gasteiger partial charge in [-0.25, -0.2) is 0 Å². The van der Waals surface area contributed by atoms with Crippen molar-refractivity contribution < 1.29 is 14.6 Å². The lowest BCUT2D eigenvalue weighted by atomic mass is 10.0. The van der Waals surface area contributed by atoms with E-state index in [1.807, 2.05) is 13.8 Å². The van der Waals surface area contributed by atoms with E-state index in [-0.39, 0.29) is 12.7 Å². The van der Waals surface area contributed by atoms with E-state index in [4.69, 9.17) is 14.6 Å². The fraction of sp³-hybridized carbons (Fsp3) is 1.00. The van der Waals surface area contributed by atoms with Gasteiger partial charge in [-0.05, 0) is 26.2 Å². The van der Waals surface area contributed by atoms with Crippen molar-refractivity contribution in [2.45, 2.75) is 39.1 Å². The van der Waals surface area contributed by atoms with Crippen LogP contribution in [-0.2, 0) is 9.47 Å². The van der Waals surface area contributed by atoms with Gasteiger partial charge in [0.15, 0.2) is 5.79 Å². The van der Waals surface area contributed by atoms with Gasteiger partial charge in [0.05, 0.1) is 12.7 Å². The van der Waals surface area contributed by atoms with Gasteiger partial charge in [0.1, 0.15) is 0 Å². The van der Waals surface area contributed by atoms with Crippen molar-refractivity contribution in [3.8, 4) is 0 Å². The van der Waals surface area contributed by atoms with Crippen LogP contribution in [0, 0.1) is 5.92 Å². The molecule has 0 spiro atoms. The van der Waals surface area contributed by atoms with Gasteiger partial charge in [0.2, 0.25) is 0 Å². The average molecular weight is 174 g/mol. The minimum atomic E-state index is -0.436. The zero-order valence-corrected chi connectivity index (χ0v) is 8.04. The molecule has 0 amide bonds. The minimum absolute atomic E-state index is 0.146. The molecule has 1 fully saturated rings. The monoisotopic (exact) mass is 174 g/mol. The third-order valence-corrected chi connectivity index (χ3v) is 2.25. The maximum absolute atomic E-state index is 8.73. The van der Waals surface area contributed by atoms with E-state index in [9.17, 15) is 0 Å². The summed E-state index contributed by atoms with van der Waals surface area (Å²) < 4.78 is 11.0. The summed E-state index contributed by atoms with van der Waals surface area (Å²) in [6.45, 7) is 6.78. The second-order valence-corrected chi connectivity index (χ2v) is 3.86. The summed E-state index contributed by atoms with van der Waals surface area (Å²) in [5.41, 5.74) is 0. The van der Waals surface area contributed by atoms with Gasteiger partial charge < -0.3 is 14.6 Å². The first-order valence-electron chi connectivity index (χ1n) is 4.48. The van der Waals surface area contributed by atoms with E-state index in [0.717, 1.165) is 6.42 Å². The fourth-order valence-corrected chi connectivity index (χ4v) is 1.39. The summed E-state index contributed by atoms with van der Waals surface area (Å²) in [4.78, 5) is 0. The van der Waals surface area contributed by atoms with Crippen LogP contribution < -0.4 is 0 Å². The van der Waals surface area contributed by atoms with Crippen molar-refractivity contribution in [3.63, 3.8) is 0 Å². The molecule has 1 rings (SSSR count). The second-order valence-electron chi connectivity index (χ2n) is 3.86. The number of hydrogen-bond donors (Lipinski definition) is 1. The lowest BCUT2D eigenvalue weighted by Crippen LogP contribution is -2.25. The summed E-state index contributed by atoms with van der Waals surface area (Å²) in [5.74, 6) is -0.0641. The van der Waals surface area contributed by atoms with E-state index in [1.54, 1.807) is 0 Å². The van der Waals surface area contributed by atoms with Gasteiger partial charge in [0.25, 0.3) is 0 Å². The highest BCUT2D eigenvalue weighted by Crippen LogP contribution is 2.27. The van der Waals surface area contributed by atoms with Crippen LogP contribution in [0.4, 0.5) is 0 Å². The van der Waals surface area contributed by atoms with Crippen molar-refractivity contribution in [2.24, 2.45) is 5.92 Å². The first-order chi connectivity index (χ1) is 5.55. The Kier molecular flexibility index (Phi) is 3.09. The van der Waals surface area contributed by atoms with Gasteiger partial charge in [0, 0.05) is 6.61 Å². The Morgan fingerprint density at radius 2 is 2.25 bits per heavy atom. The average Bonchev–Trinajstić information content (AvgIpc) is 2.31. The molecule has 0 aromatic carbocycles. The number of ether oxygens (including phenoxy) is 2. The Balaban J connectivity index is 2.36. The molecule has 0 unspecified atom stereocenters. The van der Waals surface area contributed by atoms with Gasteiger partial charge in [-0.15, -0.1) is 0 Å². The van der Waals surface area contributed by atoms with Crippen molar-refractivity contribution in [1.29, 1.82) is 0 Å². The van der Waals surface area contributed by atoms with E-state index >= 15 is 0 Å². The fourth-order valence-electron chi connectivity index (χ4n) is 1.39. The zero-order chi connectivity index (χ0) is 9.19. The van der Waals surface area contributed by atoms with Crippen LogP contribution in [0.2, 0.25) is 0 Å². The molecule has 12 heavy (non-hydrogen) atoms. The van der Waals surface area contributed by atoms with Crippen molar-refractivity contribution >= 4 is 0 Å². The first kappa shape index (κ1) is 9.96. The summed E-state index contributed by atoms with van der Waals surface area (Å²) >= 11 is 0. The smallest absolute Gasteiger partial charge is 0.163 e. The summed E-state index contributed by atoms with van der Waals surface area (Å²) in [7, 11) is 0. The molecule has 0 bridgehead atoms. The molecule has 72 valence electrons. The number of aliphatic hydroxyl groups is 1. The van der Waals surface area contributed by atoms with Gasteiger partial charge in [-0.3, -0.25) is 0 Å². The van der Waals surface area contributed by atoms with Crippen LogP contribution in [0.3, 0.4) is 0 Å². The molecule has 1 aliphatic rings. The number of rotatable bonds is 3. The van der Waals surface area contributed by atoms with Crippen LogP contribution in [0.5, 0.6) is 0 Å². The van der Waals surface area contributed by atoms with Crippen LogP contribution in [0.1, 0.15) is 27.2 Å². The summed E-state index contributed by atoms with van der Waals surface area (Å²) in [6, 6.07) is 0. The van der Waals surface area contributed by atoms with E-state index in [1.165, 1.54) is 0 Å². The molecule has 1 saturated heterocycles. The Labute approximate surface area is 73.7 Å². The standard InChI is InChI=1S/C9H18O3/c1-7(4-5-10)8-6-11-9(2,3)12-8/h7-8,10H,4-6H2,1-3H3/t7-,8+/m1/s1. The Bertz CT molecular complexity index is 145. The third kappa shape index (κ3) is 2.44. The number of hydrogen-bond acceptors (Lipinski definition) is 3. The Hall–Kier alpha value is -0.120.